The fraction of sp³-hybridized carbons (Fsp3) is 0.467. The molecule has 1 amide bonds. The highest BCUT2D eigenvalue weighted by molar-refractivity contribution is 5.96. The van der Waals surface area contributed by atoms with Crippen LogP contribution in [0.4, 0.5) is 0 Å². The van der Waals surface area contributed by atoms with Gasteiger partial charge in [-0.1, -0.05) is 0 Å². The van der Waals surface area contributed by atoms with E-state index in [9.17, 15) is 9.59 Å². The predicted molar refractivity (Wildman–Crippen MR) is 75.5 cm³/mol. The number of hydrogen-bond donors (Lipinski definition) is 2. The van der Waals surface area contributed by atoms with Crippen molar-refractivity contribution in [1.29, 1.82) is 0 Å². The SMILES string of the molecule is C[C@H](NC(=O)c1ccc(OC2CCOCC2)cc1)C(=O)O. The van der Waals surface area contributed by atoms with Crippen LogP contribution in [0.3, 0.4) is 0 Å². The van der Waals surface area contributed by atoms with Gasteiger partial charge in [-0.25, -0.2) is 0 Å². The Kier molecular flexibility index (Phi) is 5.16. The zero-order valence-electron chi connectivity index (χ0n) is 11.9. The monoisotopic (exact) mass is 293 g/mol. The minimum Gasteiger partial charge on any atom is -0.490 e. The van der Waals surface area contributed by atoms with E-state index in [2.05, 4.69) is 5.32 Å². The molecule has 1 heterocycles. The van der Waals surface area contributed by atoms with Gasteiger partial charge in [0.05, 0.1) is 13.2 Å². The summed E-state index contributed by atoms with van der Waals surface area (Å²) in [6.45, 7) is 2.83. The van der Waals surface area contributed by atoms with Gasteiger partial charge in [-0.2, -0.15) is 0 Å². The van der Waals surface area contributed by atoms with Crippen LogP contribution in [0.15, 0.2) is 24.3 Å². The van der Waals surface area contributed by atoms with E-state index in [0.29, 0.717) is 24.5 Å². The summed E-state index contributed by atoms with van der Waals surface area (Å²) in [4.78, 5) is 22.5. The second kappa shape index (κ2) is 7.08. The van der Waals surface area contributed by atoms with E-state index < -0.39 is 17.9 Å². The molecule has 114 valence electrons. The second-order valence-electron chi connectivity index (χ2n) is 4.99. The molecule has 0 aliphatic carbocycles. The largest absolute Gasteiger partial charge is 0.490 e. The van der Waals surface area contributed by atoms with Gasteiger partial charge in [0.2, 0.25) is 0 Å². The summed E-state index contributed by atoms with van der Waals surface area (Å²) in [5, 5.41) is 11.2. The van der Waals surface area contributed by atoms with Gasteiger partial charge in [-0.15, -0.1) is 0 Å². The molecule has 1 aromatic carbocycles. The molecule has 0 unspecified atom stereocenters. The van der Waals surface area contributed by atoms with Gasteiger partial charge in [-0.3, -0.25) is 9.59 Å². The van der Waals surface area contributed by atoms with Crippen LogP contribution < -0.4 is 10.1 Å². The molecule has 2 N–H and O–H groups in total. The Morgan fingerprint density at radius 1 is 1.29 bits per heavy atom. The van der Waals surface area contributed by atoms with E-state index in [-0.39, 0.29) is 6.10 Å². The van der Waals surface area contributed by atoms with Crippen LogP contribution in [-0.2, 0) is 9.53 Å². The number of carbonyl (C=O) groups excluding carboxylic acids is 1. The highest BCUT2D eigenvalue weighted by atomic mass is 16.5. The Labute approximate surface area is 123 Å². The minimum atomic E-state index is -1.07. The molecule has 0 bridgehead atoms. The van der Waals surface area contributed by atoms with Gasteiger partial charge in [0.15, 0.2) is 0 Å². The first-order chi connectivity index (χ1) is 10.1. The van der Waals surface area contributed by atoms with Crippen LogP contribution in [0.2, 0.25) is 0 Å². The van der Waals surface area contributed by atoms with Crippen molar-refractivity contribution in [2.75, 3.05) is 13.2 Å². The van der Waals surface area contributed by atoms with Crippen LogP contribution >= 0.6 is 0 Å². The maximum atomic E-state index is 11.8. The van der Waals surface area contributed by atoms with Gasteiger partial charge in [0, 0.05) is 18.4 Å². The lowest BCUT2D eigenvalue weighted by molar-refractivity contribution is -0.138. The van der Waals surface area contributed by atoms with Gasteiger partial charge in [0.1, 0.15) is 17.9 Å². The molecule has 1 aromatic rings. The third kappa shape index (κ3) is 4.46. The van der Waals surface area contributed by atoms with Crippen LogP contribution in [0.1, 0.15) is 30.1 Å². The van der Waals surface area contributed by atoms with Gasteiger partial charge in [-0.05, 0) is 31.2 Å². The van der Waals surface area contributed by atoms with Crippen LogP contribution in [0.25, 0.3) is 0 Å². The second-order valence-corrected chi connectivity index (χ2v) is 4.99. The molecule has 1 fully saturated rings. The quantitative estimate of drug-likeness (QED) is 0.858. The standard InChI is InChI=1S/C15H19NO5/c1-10(15(18)19)16-14(17)11-2-4-12(5-3-11)21-13-6-8-20-9-7-13/h2-5,10,13H,6-9H2,1H3,(H,16,17)(H,18,19)/t10-/m0/s1. The van der Waals surface area contributed by atoms with Crippen molar-refractivity contribution in [1.82, 2.24) is 5.32 Å². The lowest BCUT2D eigenvalue weighted by Gasteiger charge is -2.23. The van der Waals surface area contributed by atoms with E-state index >= 15 is 0 Å². The number of rotatable bonds is 5. The molecule has 1 atom stereocenters. The number of ether oxygens (including phenoxy) is 2. The van der Waals surface area contributed by atoms with Crippen molar-refractivity contribution >= 4 is 11.9 Å². The Hall–Kier alpha value is -2.08. The Bertz CT molecular complexity index is 493. The Morgan fingerprint density at radius 2 is 1.90 bits per heavy atom. The summed E-state index contributed by atoms with van der Waals surface area (Å²) < 4.78 is 11.1. The van der Waals surface area contributed by atoms with Crippen LogP contribution in [-0.4, -0.2) is 42.3 Å². The van der Waals surface area contributed by atoms with Crippen molar-refractivity contribution < 1.29 is 24.2 Å². The zero-order chi connectivity index (χ0) is 15.2. The average Bonchev–Trinajstić information content (AvgIpc) is 2.48. The average molecular weight is 293 g/mol. The Balaban J connectivity index is 1.91. The predicted octanol–water partition coefficient (Wildman–Crippen LogP) is 1.45. The summed E-state index contributed by atoms with van der Waals surface area (Å²) >= 11 is 0. The molecule has 0 aromatic heterocycles. The topological polar surface area (TPSA) is 84.9 Å². The highest BCUT2D eigenvalue weighted by Gasteiger charge is 2.17. The first-order valence-electron chi connectivity index (χ1n) is 6.94. The molecule has 21 heavy (non-hydrogen) atoms. The van der Waals surface area contributed by atoms with Gasteiger partial charge in [0.25, 0.3) is 5.91 Å². The highest BCUT2D eigenvalue weighted by Crippen LogP contribution is 2.18. The zero-order valence-corrected chi connectivity index (χ0v) is 11.9. The molecule has 1 saturated heterocycles. The molecule has 0 radical (unpaired) electrons. The fourth-order valence-corrected chi connectivity index (χ4v) is 2.01. The lowest BCUT2D eigenvalue weighted by Crippen LogP contribution is -2.38. The van der Waals surface area contributed by atoms with Crippen molar-refractivity contribution in [3.05, 3.63) is 29.8 Å². The summed E-state index contributed by atoms with van der Waals surface area (Å²) in [5.41, 5.74) is 0.405. The van der Waals surface area contributed by atoms with Gasteiger partial charge < -0.3 is 19.9 Å². The number of carboxylic acids is 1. The summed E-state index contributed by atoms with van der Waals surface area (Å²) in [5.74, 6) is -0.782. The molecular weight excluding hydrogens is 274 g/mol. The number of benzene rings is 1. The molecule has 6 nitrogen and oxygen atoms in total. The van der Waals surface area contributed by atoms with Crippen LogP contribution in [0.5, 0.6) is 5.75 Å². The maximum absolute atomic E-state index is 11.8. The molecule has 1 aliphatic rings. The molecule has 0 spiro atoms. The maximum Gasteiger partial charge on any atom is 0.325 e. The summed E-state index contributed by atoms with van der Waals surface area (Å²) in [6.07, 6.45) is 1.86. The minimum absolute atomic E-state index is 0.144. The smallest absolute Gasteiger partial charge is 0.325 e. The van der Waals surface area contributed by atoms with Gasteiger partial charge >= 0.3 is 5.97 Å². The normalized spacial score (nSPS) is 17.0. The summed E-state index contributed by atoms with van der Waals surface area (Å²) in [6, 6.07) is 5.76. The molecule has 6 heteroatoms. The van der Waals surface area contributed by atoms with Crippen molar-refractivity contribution in [2.45, 2.75) is 31.9 Å². The first kappa shape index (κ1) is 15.3. The summed E-state index contributed by atoms with van der Waals surface area (Å²) in [7, 11) is 0. The molecule has 1 aliphatic heterocycles. The third-order valence-corrected chi connectivity index (χ3v) is 3.31. The van der Waals surface area contributed by atoms with Crippen molar-refractivity contribution in [3.8, 4) is 5.75 Å². The molecular formula is C15H19NO5. The lowest BCUT2D eigenvalue weighted by atomic mass is 10.1. The number of amides is 1. The Morgan fingerprint density at radius 3 is 2.48 bits per heavy atom. The number of nitrogens with one attached hydrogen (secondary N) is 1. The number of carbonyl (C=O) groups is 2. The van der Waals surface area contributed by atoms with E-state index in [1.165, 1.54) is 6.92 Å². The van der Waals surface area contributed by atoms with Crippen molar-refractivity contribution in [3.63, 3.8) is 0 Å². The fourth-order valence-electron chi connectivity index (χ4n) is 2.01. The number of aliphatic carboxylic acids is 1. The third-order valence-electron chi connectivity index (χ3n) is 3.31. The number of carboxylic acid groups (broad SMARTS) is 1. The number of hydrogen-bond acceptors (Lipinski definition) is 4. The first-order valence-corrected chi connectivity index (χ1v) is 6.94. The van der Waals surface area contributed by atoms with Crippen molar-refractivity contribution in [2.24, 2.45) is 0 Å². The van der Waals surface area contributed by atoms with Crippen LogP contribution in [0, 0.1) is 0 Å². The van der Waals surface area contributed by atoms with E-state index in [1.54, 1.807) is 24.3 Å². The van der Waals surface area contributed by atoms with E-state index in [4.69, 9.17) is 14.6 Å². The van der Waals surface area contributed by atoms with E-state index in [0.717, 1.165) is 12.8 Å². The van der Waals surface area contributed by atoms with E-state index in [1.807, 2.05) is 0 Å². The molecule has 0 saturated carbocycles. The molecule has 2 rings (SSSR count).